The van der Waals surface area contributed by atoms with Gasteiger partial charge in [-0.05, 0) is 48.8 Å². The van der Waals surface area contributed by atoms with E-state index < -0.39 is 0 Å². The highest BCUT2D eigenvalue weighted by Crippen LogP contribution is 2.43. The maximum atomic E-state index is 12.6. The molecule has 0 amide bonds. The molecule has 0 saturated heterocycles. The molecule has 2 aliphatic rings. The van der Waals surface area contributed by atoms with Crippen molar-refractivity contribution in [2.75, 3.05) is 7.11 Å². The van der Waals surface area contributed by atoms with Gasteiger partial charge in [-0.25, -0.2) is 0 Å². The highest BCUT2D eigenvalue weighted by atomic mass is 16.5. The minimum Gasteiger partial charge on any atom is -0.497 e. The van der Waals surface area contributed by atoms with Gasteiger partial charge in [0.2, 0.25) is 0 Å². The van der Waals surface area contributed by atoms with Crippen molar-refractivity contribution >= 4 is 5.78 Å². The van der Waals surface area contributed by atoms with E-state index in [1.54, 1.807) is 7.11 Å². The number of benzene rings is 1. The molecule has 2 nitrogen and oxygen atoms in total. The van der Waals surface area contributed by atoms with Crippen molar-refractivity contribution < 1.29 is 9.53 Å². The molecule has 3 rings (SSSR count). The minimum absolute atomic E-state index is 0.312. The van der Waals surface area contributed by atoms with E-state index in [1.807, 2.05) is 24.3 Å². The third-order valence-corrected chi connectivity index (χ3v) is 5.53. The van der Waals surface area contributed by atoms with Crippen molar-refractivity contribution in [3.8, 4) is 5.75 Å². The van der Waals surface area contributed by atoms with Crippen LogP contribution in [0.5, 0.6) is 5.75 Å². The summed E-state index contributed by atoms with van der Waals surface area (Å²) in [5, 5.41) is 0. The molecule has 2 fully saturated rings. The second-order valence-electron chi connectivity index (χ2n) is 6.81. The largest absolute Gasteiger partial charge is 0.497 e. The maximum absolute atomic E-state index is 12.6. The summed E-state index contributed by atoms with van der Waals surface area (Å²) in [6, 6.07) is 7.92. The Morgan fingerprint density at radius 2 is 1.76 bits per heavy atom. The summed E-state index contributed by atoms with van der Waals surface area (Å²) in [4.78, 5) is 12.6. The van der Waals surface area contributed by atoms with E-state index in [2.05, 4.69) is 0 Å². The Kier molecular flexibility index (Phi) is 4.62. The smallest absolute Gasteiger partial charge is 0.140 e. The van der Waals surface area contributed by atoms with Gasteiger partial charge in [-0.3, -0.25) is 4.79 Å². The summed E-state index contributed by atoms with van der Waals surface area (Å²) in [6.07, 6.45) is 9.69. The van der Waals surface area contributed by atoms with Crippen molar-refractivity contribution in [2.45, 2.75) is 51.4 Å². The fourth-order valence-electron chi connectivity index (χ4n) is 4.25. The molecule has 3 unspecified atom stereocenters. The van der Waals surface area contributed by atoms with Crippen molar-refractivity contribution in [3.63, 3.8) is 0 Å². The third kappa shape index (κ3) is 3.48. The number of methoxy groups -OCH3 is 1. The van der Waals surface area contributed by atoms with Crippen LogP contribution in [0.25, 0.3) is 0 Å². The number of hydrogen-bond donors (Lipinski definition) is 0. The van der Waals surface area contributed by atoms with Crippen LogP contribution in [0.1, 0.15) is 50.5 Å². The Hall–Kier alpha value is -1.31. The van der Waals surface area contributed by atoms with E-state index >= 15 is 0 Å². The summed E-state index contributed by atoms with van der Waals surface area (Å²) in [5.41, 5.74) is 1.12. The van der Waals surface area contributed by atoms with Gasteiger partial charge in [0.05, 0.1) is 7.11 Å². The van der Waals surface area contributed by atoms with Gasteiger partial charge in [0.25, 0.3) is 0 Å². The molecule has 114 valence electrons. The first-order valence-electron chi connectivity index (χ1n) is 8.42. The molecule has 1 aromatic rings. The Morgan fingerprint density at radius 3 is 2.48 bits per heavy atom. The molecule has 0 aliphatic heterocycles. The number of fused-ring (bicyclic) bond motifs is 1. The summed E-state index contributed by atoms with van der Waals surface area (Å²) >= 11 is 0. The van der Waals surface area contributed by atoms with Gasteiger partial charge in [-0.2, -0.15) is 0 Å². The van der Waals surface area contributed by atoms with E-state index in [-0.39, 0.29) is 0 Å². The number of carbonyl (C=O) groups excluding carboxylic acids is 1. The Bertz CT molecular complexity index is 477. The topological polar surface area (TPSA) is 26.3 Å². The maximum Gasteiger partial charge on any atom is 0.140 e. The van der Waals surface area contributed by atoms with E-state index in [0.29, 0.717) is 18.1 Å². The number of Topliss-reactive ketones (excluding diaryl/α,β-unsaturated/α-hetero) is 1. The summed E-state index contributed by atoms with van der Waals surface area (Å²) in [6.45, 7) is 0. The summed E-state index contributed by atoms with van der Waals surface area (Å²) in [5.74, 6) is 3.37. The van der Waals surface area contributed by atoms with Crippen LogP contribution in [0.4, 0.5) is 0 Å². The molecule has 2 aliphatic carbocycles. The van der Waals surface area contributed by atoms with E-state index in [9.17, 15) is 4.79 Å². The van der Waals surface area contributed by atoms with E-state index in [1.165, 1.54) is 32.1 Å². The SMILES string of the molecule is COc1ccc(CC(=O)C2CCC3CCCCC3C2)cc1. The van der Waals surface area contributed by atoms with Crippen LogP contribution >= 0.6 is 0 Å². The van der Waals surface area contributed by atoms with Gasteiger partial charge in [-0.15, -0.1) is 0 Å². The number of ketones is 1. The minimum atomic E-state index is 0.312. The van der Waals surface area contributed by atoms with Crippen LogP contribution in [0.2, 0.25) is 0 Å². The molecule has 2 saturated carbocycles. The molecule has 0 heterocycles. The zero-order chi connectivity index (χ0) is 14.7. The molecule has 21 heavy (non-hydrogen) atoms. The highest BCUT2D eigenvalue weighted by Gasteiger charge is 2.34. The summed E-state index contributed by atoms with van der Waals surface area (Å²) < 4.78 is 5.16. The molecule has 0 radical (unpaired) electrons. The lowest BCUT2D eigenvalue weighted by atomic mass is 9.66. The van der Waals surface area contributed by atoms with Crippen LogP contribution in [0, 0.1) is 17.8 Å². The first-order valence-corrected chi connectivity index (χ1v) is 8.42. The van der Waals surface area contributed by atoms with Crippen LogP contribution < -0.4 is 4.74 Å². The molecule has 0 aromatic heterocycles. The average Bonchev–Trinajstić information content (AvgIpc) is 2.55. The lowest BCUT2D eigenvalue weighted by Gasteiger charge is -2.38. The molecule has 0 N–H and O–H groups in total. The second kappa shape index (κ2) is 6.64. The Balaban J connectivity index is 1.57. The van der Waals surface area contributed by atoms with Crippen LogP contribution in [-0.2, 0) is 11.2 Å². The first-order chi connectivity index (χ1) is 10.3. The molecule has 0 bridgehead atoms. The normalized spacial score (nSPS) is 28.7. The summed E-state index contributed by atoms with van der Waals surface area (Å²) in [7, 11) is 1.67. The molecule has 3 atom stereocenters. The monoisotopic (exact) mass is 286 g/mol. The molecule has 1 aromatic carbocycles. The van der Waals surface area contributed by atoms with Gasteiger partial charge in [0, 0.05) is 12.3 Å². The zero-order valence-electron chi connectivity index (χ0n) is 13.0. The second-order valence-corrected chi connectivity index (χ2v) is 6.81. The fraction of sp³-hybridized carbons (Fsp3) is 0.632. The quantitative estimate of drug-likeness (QED) is 0.819. The van der Waals surface area contributed by atoms with E-state index in [4.69, 9.17) is 4.74 Å². The Morgan fingerprint density at radius 1 is 1.05 bits per heavy atom. The molecular weight excluding hydrogens is 260 g/mol. The van der Waals surface area contributed by atoms with Crippen LogP contribution in [0.15, 0.2) is 24.3 Å². The fourth-order valence-corrected chi connectivity index (χ4v) is 4.25. The molecule has 0 spiro atoms. The highest BCUT2D eigenvalue weighted by molar-refractivity contribution is 5.83. The predicted molar refractivity (Wildman–Crippen MR) is 84.5 cm³/mol. The van der Waals surface area contributed by atoms with Gasteiger partial charge < -0.3 is 4.74 Å². The lowest BCUT2D eigenvalue weighted by molar-refractivity contribution is -0.124. The Labute approximate surface area is 127 Å². The van der Waals surface area contributed by atoms with Crippen molar-refractivity contribution in [1.82, 2.24) is 0 Å². The number of hydrogen-bond acceptors (Lipinski definition) is 2. The predicted octanol–water partition coefficient (Wildman–Crippen LogP) is 4.41. The van der Waals surface area contributed by atoms with Gasteiger partial charge in [-0.1, -0.05) is 37.8 Å². The van der Waals surface area contributed by atoms with Gasteiger partial charge in [0.15, 0.2) is 0 Å². The molecule has 2 heteroatoms. The van der Waals surface area contributed by atoms with Crippen molar-refractivity contribution in [3.05, 3.63) is 29.8 Å². The van der Waals surface area contributed by atoms with Crippen molar-refractivity contribution in [2.24, 2.45) is 17.8 Å². The van der Waals surface area contributed by atoms with Gasteiger partial charge >= 0.3 is 0 Å². The van der Waals surface area contributed by atoms with Crippen LogP contribution in [-0.4, -0.2) is 12.9 Å². The van der Waals surface area contributed by atoms with Crippen LogP contribution in [0.3, 0.4) is 0 Å². The third-order valence-electron chi connectivity index (χ3n) is 5.53. The zero-order valence-corrected chi connectivity index (χ0v) is 13.0. The number of rotatable bonds is 4. The number of ether oxygens (including phenoxy) is 1. The molecular formula is C19H26O2. The van der Waals surface area contributed by atoms with E-state index in [0.717, 1.165) is 36.0 Å². The lowest BCUT2D eigenvalue weighted by Crippen LogP contribution is -2.31. The van der Waals surface area contributed by atoms with Crippen molar-refractivity contribution in [1.29, 1.82) is 0 Å². The number of carbonyl (C=O) groups is 1. The average molecular weight is 286 g/mol. The van der Waals surface area contributed by atoms with Gasteiger partial charge in [0.1, 0.15) is 11.5 Å². The first kappa shape index (κ1) is 14.6. The standard InChI is InChI=1S/C19H26O2/c1-21-18-10-6-14(7-11-18)12-19(20)17-9-8-15-4-2-3-5-16(15)13-17/h6-7,10-11,15-17H,2-5,8-9,12-13H2,1H3.